The second-order valence-corrected chi connectivity index (χ2v) is 11.5. The second-order valence-electron chi connectivity index (χ2n) is 11.5. The molecule has 3 aromatic carbocycles. The molecule has 8 nitrogen and oxygen atoms in total. The van der Waals surface area contributed by atoms with E-state index in [-0.39, 0.29) is 12.0 Å². The fourth-order valence-corrected chi connectivity index (χ4v) is 5.47. The van der Waals surface area contributed by atoms with Gasteiger partial charge < -0.3 is 19.9 Å². The number of hydrogen-bond acceptors (Lipinski definition) is 6. The zero-order valence-corrected chi connectivity index (χ0v) is 25.5. The average Bonchev–Trinajstić information content (AvgIpc) is 3.03. The number of Topliss-reactive ketones (excluding diaryl/α,β-unsaturated/α-hetero) is 1. The summed E-state index contributed by atoms with van der Waals surface area (Å²) in [6.45, 7) is 2.79. The first kappa shape index (κ1) is 34.6. The maximum Gasteiger partial charge on any atom is 0.305 e. The largest absolute Gasteiger partial charge is 0.481 e. The van der Waals surface area contributed by atoms with Crippen molar-refractivity contribution in [3.8, 4) is 5.75 Å². The Kier molecular flexibility index (Phi) is 11.5. The van der Waals surface area contributed by atoms with Crippen molar-refractivity contribution in [2.45, 2.75) is 63.8 Å². The Bertz CT molecular complexity index is 1520. The van der Waals surface area contributed by atoms with Gasteiger partial charge in [0.2, 0.25) is 17.5 Å². The van der Waals surface area contributed by atoms with Crippen LogP contribution in [0.3, 0.4) is 0 Å². The van der Waals surface area contributed by atoms with Gasteiger partial charge >= 0.3 is 5.97 Å². The Hall–Kier alpha value is -4.29. The van der Waals surface area contributed by atoms with Gasteiger partial charge in [0.15, 0.2) is 23.2 Å². The summed E-state index contributed by atoms with van der Waals surface area (Å²) in [6.07, 6.45) is 1.86. The summed E-state index contributed by atoms with van der Waals surface area (Å²) < 4.78 is 66.4. The molecular weight excluding hydrogens is 608 g/mol. The first-order valence-electron chi connectivity index (χ1n) is 15.0. The van der Waals surface area contributed by atoms with Crippen LogP contribution in [0, 0.1) is 29.2 Å². The number of aliphatic carboxylic acids is 1. The van der Waals surface area contributed by atoms with Crippen molar-refractivity contribution in [2.24, 2.45) is 5.92 Å². The topological polar surface area (TPSA) is 114 Å². The second kappa shape index (κ2) is 15.3. The highest BCUT2D eigenvalue weighted by atomic mass is 19.2. The van der Waals surface area contributed by atoms with Gasteiger partial charge in [0.05, 0.1) is 12.5 Å². The van der Waals surface area contributed by atoms with Crippen molar-refractivity contribution in [2.75, 3.05) is 13.2 Å². The molecule has 0 aliphatic carbocycles. The first-order chi connectivity index (χ1) is 21.9. The number of carboxylic acid groups (broad SMARTS) is 1. The van der Waals surface area contributed by atoms with Crippen LogP contribution in [0.5, 0.6) is 5.75 Å². The molecule has 1 aliphatic heterocycles. The number of carbonyl (C=O) groups is 3. The van der Waals surface area contributed by atoms with Crippen molar-refractivity contribution in [1.29, 1.82) is 0 Å². The zero-order chi connectivity index (χ0) is 33.4. The van der Waals surface area contributed by atoms with Crippen LogP contribution in [0.25, 0.3) is 0 Å². The number of benzene rings is 3. The molecule has 1 amide bonds. The Labute approximate surface area is 264 Å². The number of hydrogen-bond donors (Lipinski definition) is 3. The molecule has 4 rings (SSSR count). The Morgan fingerprint density at radius 3 is 2.22 bits per heavy atom. The van der Waals surface area contributed by atoms with Gasteiger partial charge in [-0.3, -0.25) is 19.7 Å². The molecule has 0 aromatic heterocycles. The van der Waals surface area contributed by atoms with Crippen LogP contribution in [0.2, 0.25) is 0 Å². The molecule has 3 N–H and O–H groups in total. The van der Waals surface area contributed by atoms with E-state index in [9.17, 15) is 37.1 Å². The molecule has 1 heterocycles. The van der Waals surface area contributed by atoms with E-state index in [1.165, 1.54) is 0 Å². The summed E-state index contributed by atoms with van der Waals surface area (Å²) in [7, 11) is 0. The molecular formula is C34H36F4N2O6. The molecule has 46 heavy (non-hydrogen) atoms. The Balaban J connectivity index is 1.58. The van der Waals surface area contributed by atoms with E-state index in [2.05, 4.69) is 10.6 Å². The van der Waals surface area contributed by atoms with Crippen LogP contribution in [0.4, 0.5) is 17.6 Å². The lowest BCUT2D eigenvalue weighted by atomic mass is 9.86. The summed E-state index contributed by atoms with van der Waals surface area (Å²) in [5, 5.41) is 15.3. The third kappa shape index (κ3) is 8.29. The lowest BCUT2D eigenvalue weighted by Gasteiger charge is -2.43. The number of ether oxygens (including phenoxy) is 2. The molecule has 3 aromatic rings. The number of nitrogens with one attached hydrogen (secondary N) is 2. The smallest absolute Gasteiger partial charge is 0.305 e. The van der Waals surface area contributed by atoms with E-state index < -0.39 is 77.5 Å². The van der Waals surface area contributed by atoms with Gasteiger partial charge in [-0.05, 0) is 42.7 Å². The van der Waals surface area contributed by atoms with Crippen molar-refractivity contribution in [3.05, 3.63) is 101 Å². The van der Waals surface area contributed by atoms with Crippen LogP contribution < -0.4 is 15.4 Å². The van der Waals surface area contributed by atoms with Crippen molar-refractivity contribution in [1.82, 2.24) is 10.6 Å². The summed E-state index contributed by atoms with van der Waals surface area (Å²) in [5.74, 6) is -12.3. The maximum atomic E-state index is 14.1. The van der Waals surface area contributed by atoms with Gasteiger partial charge in [0.1, 0.15) is 18.4 Å². The van der Waals surface area contributed by atoms with Crippen molar-refractivity contribution >= 4 is 17.7 Å². The van der Waals surface area contributed by atoms with Gasteiger partial charge in [-0.1, -0.05) is 68.4 Å². The van der Waals surface area contributed by atoms with Gasteiger partial charge in [0.25, 0.3) is 0 Å². The Morgan fingerprint density at radius 2 is 1.61 bits per heavy atom. The lowest BCUT2D eigenvalue weighted by molar-refractivity contribution is -0.143. The highest BCUT2D eigenvalue weighted by molar-refractivity contribution is 5.94. The first-order valence-corrected chi connectivity index (χ1v) is 15.0. The van der Waals surface area contributed by atoms with E-state index in [4.69, 9.17) is 9.47 Å². The maximum absolute atomic E-state index is 14.1. The van der Waals surface area contributed by atoms with Gasteiger partial charge in [0, 0.05) is 18.2 Å². The monoisotopic (exact) mass is 644 g/mol. The highest BCUT2D eigenvalue weighted by Crippen LogP contribution is 2.37. The van der Waals surface area contributed by atoms with Crippen LogP contribution in [0.1, 0.15) is 56.2 Å². The molecule has 0 radical (unpaired) electrons. The zero-order valence-electron chi connectivity index (χ0n) is 25.5. The molecule has 1 saturated heterocycles. The normalized spacial score (nSPS) is 17.7. The van der Waals surface area contributed by atoms with E-state index in [1.54, 1.807) is 13.8 Å². The highest BCUT2D eigenvalue weighted by Gasteiger charge is 2.42. The molecule has 1 unspecified atom stereocenters. The van der Waals surface area contributed by atoms with E-state index >= 15 is 0 Å². The van der Waals surface area contributed by atoms with E-state index in [0.29, 0.717) is 19.4 Å². The number of ketones is 1. The molecule has 0 saturated carbocycles. The van der Waals surface area contributed by atoms with Crippen LogP contribution in [-0.4, -0.2) is 48.1 Å². The minimum atomic E-state index is -1.86. The summed E-state index contributed by atoms with van der Waals surface area (Å²) >= 11 is 0. The number of amides is 1. The van der Waals surface area contributed by atoms with E-state index in [1.807, 2.05) is 54.6 Å². The average molecular weight is 645 g/mol. The SMILES string of the molecule is CC(C)[C@H](NC1(c2ccccc2Cc2ccccc2)CCCCO1)C(=O)N[C@@H](CC(=O)O)C(=O)COc1c(F)c(F)cc(F)c1F. The third-order valence-electron chi connectivity index (χ3n) is 7.81. The summed E-state index contributed by atoms with van der Waals surface area (Å²) in [4.78, 5) is 38.3. The van der Waals surface area contributed by atoms with Crippen molar-refractivity contribution in [3.63, 3.8) is 0 Å². The molecule has 1 aliphatic rings. The van der Waals surface area contributed by atoms with Crippen LogP contribution >= 0.6 is 0 Å². The lowest BCUT2D eigenvalue weighted by Crippen LogP contribution is -2.60. The van der Waals surface area contributed by atoms with Gasteiger partial charge in [-0.25, -0.2) is 8.78 Å². The minimum Gasteiger partial charge on any atom is -0.481 e. The molecule has 12 heteroatoms. The van der Waals surface area contributed by atoms with Crippen molar-refractivity contribution < 1.29 is 46.5 Å². The predicted molar refractivity (Wildman–Crippen MR) is 160 cm³/mol. The Morgan fingerprint density at radius 1 is 0.957 bits per heavy atom. The fraction of sp³-hybridized carbons (Fsp3) is 0.382. The van der Waals surface area contributed by atoms with Gasteiger partial charge in [-0.15, -0.1) is 0 Å². The van der Waals surface area contributed by atoms with Crippen LogP contribution in [-0.2, 0) is 31.3 Å². The quantitative estimate of drug-likeness (QED) is 0.159. The van der Waals surface area contributed by atoms with Crippen LogP contribution in [0.15, 0.2) is 60.7 Å². The summed E-state index contributed by atoms with van der Waals surface area (Å²) in [5.41, 5.74) is 1.82. The minimum absolute atomic E-state index is 0.0191. The summed E-state index contributed by atoms with van der Waals surface area (Å²) in [6, 6.07) is 14.9. The number of carbonyl (C=O) groups excluding carboxylic acids is 2. The molecule has 3 atom stereocenters. The standard InChI is InChI=1S/C34H36F4N2O6/c1-20(2)31(33(44)39-26(18-28(42)43)27(41)19-45-32-29(37)24(35)17-25(36)30(32)38)40-34(14-8-9-15-46-34)23-13-7-6-12-22(23)16-21-10-4-3-5-11-21/h3-7,10-13,17,20,26,31,40H,8-9,14-16,18-19H2,1-2H3,(H,39,44)(H,42,43)/t26-,31-,34?/m0/s1. The number of halogens is 4. The van der Waals surface area contributed by atoms with E-state index in [0.717, 1.165) is 29.5 Å². The third-order valence-corrected chi connectivity index (χ3v) is 7.81. The van der Waals surface area contributed by atoms with Gasteiger partial charge in [-0.2, -0.15) is 8.78 Å². The molecule has 1 fully saturated rings. The molecule has 246 valence electrons. The number of carboxylic acids is 1. The fourth-order valence-electron chi connectivity index (χ4n) is 5.47. The molecule has 0 bridgehead atoms. The molecule has 0 spiro atoms. The predicted octanol–water partition coefficient (Wildman–Crippen LogP) is 5.41. The number of rotatable bonds is 14.